The zero-order chi connectivity index (χ0) is 13.6. The minimum atomic E-state index is -0.192. The van der Waals surface area contributed by atoms with E-state index in [4.69, 9.17) is 9.47 Å². The molecular formula is C16H26O3. The molecule has 3 saturated carbocycles. The van der Waals surface area contributed by atoms with Crippen molar-refractivity contribution >= 4 is 0 Å². The maximum atomic E-state index is 10.9. The largest absolute Gasteiger partial charge is 0.392 e. The summed E-state index contributed by atoms with van der Waals surface area (Å²) in [5, 5.41) is 10.9. The highest BCUT2D eigenvalue weighted by Crippen LogP contribution is 2.82. The van der Waals surface area contributed by atoms with Crippen LogP contribution in [-0.4, -0.2) is 31.2 Å². The molecule has 3 aliphatic carbocycles. The molecule has 7 atom stereocenters. The lowest BCUT2D eigenvalue weighted by Crippen LogP contribution is -2.48. The minimum absolute atomic E-state index is 0.0955. The number of fused-ring (bicyclic) bond motifs is 2. The zero-order valence-corrected chi connectivity index (χ0v) is 12.5. The van der Waals surface area contributed by atoms with Crippen LogP contribution in [0.4, 0.5) is 0 Å². The molecule has 0 aromatic carbocycles. The molecule has 1 heterocycles. The quantitative estimate of drug-likeness (QED) is 0.792. The van der Waals surface area contributed by atoms with Crippen molar-refractivity contribution in [1.82, 2.24) is 0 Å². The van der Waals surface area contributed by atoms with Crippen molar-refractivity contribution in [3.63, 3.8) is 0 Å². The maximum Gasteiger partial charge on any atom is 0.163 e. The molecule has 1 aliphatic heterocycles. The number of aliphatic hydroxyl groups is 1. The lowest BCUT2D eigenvalue weighted by molar-refractivity contribution is -0.140. The van der Waals surface area contributed by atoms with Crippen LogP contribution in [0.15, 0.2) is 0 Å². The molecule has 1 saturated heterocycles. The Bertz CT molecular complexity index is 420. The third-order valence-electron chi connectivity index (χ3n) is 7.07. The van der Waals surface area contributed by atoms with Gasteiger partial charge in [-0.05, 0) is 41.9 Å². The molecule has 0 radical (unpaired) electrons. The normalized spacial score (nSPS) is 61.4. The summed E-state index contributed by atoms with van der Waals surface area (Å²) in [7, 11) is 1.75. The van der Waals surface area contributed by atoms with E-state index in [2.05, 4.69) is 20.8 Å². The molecule has 1 N–H and O–H groups in total. The van der Waals surface area contributed by atoms with Gasteiger partial charge in [0.25, 0.3) is 0 Å². The Kier molecular flexibility index (Phi) is 2.24. The van der Waals surface area contributed by atoms with E-state index >= 15 is 0 Å². The highest BCUT2D eigenvalue weighted by Gasteiger charge is 2.82. The van der Waals surface area contributed by atoms with Crippen LogP contribution in [0, 0.1) is 34.0 Å². The predicted molar refractivity (Wildman–Crippen MR) is 71.4 cm³/mol. The van der Waals surface area contributed by atoms with Crippen molar-refractivity contribution < 1.29 is 14.6 Å². The van der Waals surface area contributed by atoms with E-state index in [0.29, 0.717) is 29.3 Å². The van der Waals surface area contributed by atoms with Gasteiger partial charge in [-0.25, -0.2) is 0 Å². The van der Waals surface area contributed by atoms with Crippen LogP contribution < -0.4 is 0 Å². The number of methoxy groups -OCH3 is 1. The molecule has 4 rings (SSSR count). The molecule has 0 unspecified atom stereocenters. The molecule has 4 fully saturated rings. The lowest BCUT2D eigenvalue weighted by Gasteiger charge is -2.43. The van der Waals surface area contributed by atoms with Gasteiger partial charge in [-0.2, -0.15) is 0 Å². The molecular weight excluding hydrogens is 240 g/mol. The average Bonchev–Trinajstić information content (AvgIpc) is 2.68. The van der Waals surface area contributed by atoms with E-state index < -0.39 is 0 Å². The van der Waals surface area contributed by atoms with Gasteiger partial charge in [0.15, 0.2) is 6.29 Å². The second-order valence-electron chi connectivity index (χ2n) is 8.48. The van der Waals surface area contributed by atoms with Gasteiger partial charge in [0, 0.05) is 18.4 Å². The molecule has 19 heavy (non-hydrogen) atoms. The highest BCUT2D eigenvalue weighted by molar-refractivity contribution is 5.27. The summed E-state index contributed by atoms with van der Waals surface area (Å²) < 4.78 is 11.5. The fourth-order valence-electron chi connectivity index (χ4n) is 6.26. The summed E-state index contributed by atoms with van der Waals surface area (Å²) in [4.78, 5) is 0. The smallest absolute Gasteiger partial charge is 0.163 e. The maximum absolute atomic E-state index is 10.9. The Morgan fingerprint density at radius 1 is 1.16 bits per heavy atom. The third-order valence-corrected chi connectivity index (χ3v) is 7.07. The molecule has 108 valence electrons. The van der Waals surface area contributed by atoms with Crippen molar-refractivity contribution in [2.45, 2.75) is 52.4 Å². The number of aliphatic hydroxyl groups excluding tert-OH is 1. The van der Waals surface area contributed by atoms with Gasteiger partial charge >= 0.3 is 0 Å². The molecule has 0 bridgehead atoms. The minimum Gasteiger partial charge on any atom is -0.392 e. The van der Waals surface area contributed by atoms with Gasteiger partial charge in [0.2, 0.25) is 0 Å². The summed E-state index contributed by atoms with van der Waals surface area (Å²) in [6.45, 7) is 7.82. The molecule has 0 aromatic heterocycles. The van der Waals surface area contributed by atoms with Crippen LogP contribution in [0.5, 0.6) is 0 Å². The van der Waals surface area contributed by atoms with Crippen molar-refractivity contribution in [3.8, 4) is 0 Å². The first kappa shape index (κ1) is 12.6. The van der Waals surface area contributed by atoms with Gasteiger partial charge < -0.3 is 14.6 Å². The van der Waals surface area contributed by atoms with Crippen molar-refractivity contribution in [3.05, 3.63) is 0 Å². The number of ether oxygens (including phenoxy) is 2. The summed E-state index contributed by atoms with van der Waals surface area (Å²) in [5.41, 5.74) is 0.806. The molecule has 3 heteroatoms. The first-order valence-electron chi connectivity index (χ1n) is 7.68. The molecule has 0 aromatic rings. The van der Waals surface area contributed by atoms with Crippen molar-refractivity contribution in [2.75, 3.05) is 13.7 Å². The Morgan fingerprint density at radius 2 is 1.89 bits per heavy atom. The fourth-order valence-corrected chi connectivity index (χ4v) is 6.26. The number of rotatable bonds is 1. The van der Waals surface area contributed by atoms with Crippen LogP contribution in [0.1, 0.15) is 40.0 Å². The van der Waals surface area contributed by atoms with Crippen molar-refractivity contribution in [1.29, 1.82) is 0 Å². The summed E-state index contributed by atoms with van der Waals surface area (Å²) in [6.07, 6.45) is 3.30. The van der Waals surface area contributed by atoms with Crippen LogP contribution >= 0.6 is 0 Å². The Morgan fingerprint density at radius 3 is 2.58 bits per heavy atom. The number of hydrogen-bond acceptors (Lipinski definition) is 3. The van der Waals surface area contributed by atoms with Crippen LogP contribution in [0.25, 0.3) is 0 Å². The Hall–Kier alpha value is -0.120. The monoisotopic (exact) mass is 266 g/mol. The Labute approximate surface area is 115 Å². The first-order chi connectivity index (χ1) is 8.86. The zero-order valence-electron chi connectivity index (χ0n) is 12.5. The summed E-state index contributed by atoms with van der Waals surface area (Å²) in [5.74, 6) is 1.41. The van der Waals surface area contributed by atoms with E-state index in [9.17, 15) is 5.11 Å². The lowest BCUT2D eigenvalue weighted by atomic mass is 9.63. The summed E-state index contributed by atoms with van der Waals surface area (Å²) in [6, 6.07) is 0. The number of hydrogen-bond donors (Lipinski definition) is 1. The van der Waals surface area contributed by atoms with Crippen LogP contribution in [-0.2, 0) is 9.47 Å². The van der Waals surface area contributed by atoms with Crippen LogP contribution in [0.3, 0.4) is 0 Å². The van der Waals surface area contributed by atoms with Gasteiger partial charge in [0.05, 0.1) is 12.7 Å². The average molecular weight is 266 g/mol. The summed E-state index contributed by atoms with van der Waals surface area (Å²) >= 11 is 0. The van der Waals surface area contributed by atoms with Crippen LogP contribution in [0.2, 0.25) is 0 Å². The fraction of sp³-hybridized carbons (Fsp3) is 1.00. The molecule has 1 spiro atoms. The van der Waals surface area contributed by atoms with Gasteiger partial charge in [-0.3, -0.25) is 0 Å². The SMILES string of the molecule is CO[C@H]1OC[C@@H]2[C@@H](O)[C@@H]3CC(C)(C)C[C@@H]3[C@@]3(C)C[C@@]123. The highest BCUT2D eigenvalue weighted by atomic mass is 16.7. The van der Waals surface area contributed by atoms with E-state index in [1.807, 2.05) is 0 Å². The van der Waals surface area contributed by atoms with E-state index in [0.717, 1.165) is 0 Å². The van der Waals surface area contributed by atoms with Crippen molar-refractivity contribution in [2.24, 2.45) is 34.0 Å². The van der Waals surface area contributed by atoms with Gasteiger partial charge in [0.1, 0.15) is 0 Å². The second kappa shape index (κ2) is 3.37. The van der Waals surface area contributed by atoms with E-state index in [-0.39, 0.29) is 23.7 Å². The molecule has 4 aliphatic rings. The van der Waals surface area contributed by atoms with Gasteiger partial charge in [-0.1, -0.05) is 20.8 Å². The Balaban J connectivity index is 1.75. The standard InChI is InChI=1S/C16H26O3/c1-14(2)5-9-10(6-14)15(3)8-16(15)11(12(9)17)7-19-13(16)18-4/h9-13,17H,5-8H2,1-4H3/t9-,10+,11-,12+,13+,15-,16+/m1/s1. The molecule has 0 amide bonds. The molecule has 3 nitrogen and oxygen atoms in total. The van der Waals surface area contributed by atoms with E-state index in [1.54, 1.807) is 7.11 Å². The third kappa shape index (κ3) is 1.26. The van der Waals surface area contributed by atoms with Gasteiger partial charge in [-0.15, -0.1) is 0 Å². The first-order valence-corrected chi connectivity index (χ1v) is 7.68. The predicted octanol–water partition coefficient (Wildman–Crippen LogP) is 2.43. The second-order valence-corrected chi connectivity index (χ2v) is 8.48. The topological polar surface area (TPSA) is 38.7 Å². The van der Waals surface area contributed by atoms with E-state index in [1.165, 1.54) is 19.3 Å².